The molecule has 1 aliphatic rings. The van der Waals surface area contributed by atoms with Crippen molar-refractivity contribution in [2.45, 2.75) is 13.8 Å². The summed E-state index contributed by atoms with van der Waals surface area (Å²) >= 11 is 13.9. The smallest absolute Gasteiger partial charge is 0.255 e. The number of carbonyl (C=O) groups excluding carboxylic acids is 1. The van der Waals surface area contributed by atoms with E-state index in [9.17, 15) is 4.79 Å². The third-order valence-corrected chi connectivity index (χ3v) is 6.74. The summed E-state index contributed by atoms with van der Waals surface area (Å²) in [6, 6.07) is 9.25. The number of piperazine rings is 1. The second-order valence-electron chi connectivity index (χ2n) is 6.78. The van der Waals surface area contributed by atoms with Crippen molar-refractivity contribution in [3.63, 3.8) is 0 Å². The second kappa shape index (κ2) is 7.30. The summed E-state index contributed by atoms with van der Waals surface area (Å²) in [6.45, 7) is 6.99. The number of thiazole rings is 1. The lowest BCUT2D eigenvalue weighted by Crippen LogP contribution is -2.48. The Kier molecular flexibility index (Phi) is 5.01. The van der Waals surface area contributed by atoms with Crippen LogP contribution in [0.15, 0.2) is 30.3 Å². The molecule has 0 atom stereocenters. The minimum Gasteiger partial charge on any atom is -0.345 e. The maximum atomic E-state index is 12.8. The topological polar surface area (TPSA) is 36.4 Å². The van der Waals surface area contributed by atoms with E-state index in [-0.39, 0.29) is 5.91 Å². The summed E-state index contributed by atoms with van der Waals surface area (Å²) < 4.78 is 1.24. The molecule has 1 aliphatic heterocycles. The van der Waals surface area contributed by atoms with Crippen LogP contribution in [0, 0.1) is 13.8 Å². The lowest BCUT2D eigenvalue weighted by molar-refractivity contribution is 0.0747. The van der Waals surface area contributed by atoms with Crippen LogP contribution < -0.4 is 4.90 Å². The molecule has 4 rings (SSSR count). The van der Waals surface area contributed by atoms with Crippen LogP contribution in [0.5, 0.6) is 0 Å². The lowest BCUT2D eigenvalue weighted by atomic mass is 10.1. The maximum absolute atomic E-state index is 12.8. The number of hydrogen-bond donors (Lipinski definition) is 0. The first-order valence-corrected chi connectivity index (χ1v) is 10.4. The monoisotopic (exact) mass is 419 g/mol. The Hall–Kier alpha value is -1.82. The highest BCUT2D eigenvalue weighted by Gasteiger charge is 2.25. The highest BCUT2D eigenvalue weighted by atomic mass is 35.5. The van der Waals surface area contributed by atoms with Crippen molar-refractivity contribution in [2.24, 2.45) is 0 Å². The molecule has 0 bridgehead atoms. The Balaban J connectivity index is 1.51. The van der Waals surface area contributed by atoms with Gasteiger partial charge < -0.3 is 9.80 Å². The molecule has 0 saturated carbocycles. The second-order valence-corrected chi connectivity index (χ2v) is 8.60. The fourth-order valence-electron chi connectivity index (χ4n) is 3.32. The SMILES string of the molecule is Cc1ccc(C)c2sc(N3CCN(C(=O)c4cc(Cl)ccc4Cl)CC3)nc12. The van der Waals surface area contributed by atoms with Gasteiger partial charge >= 0.3 is 0 Å². The van der Waals surface area contributed by atoms with E-state index in [0.717, 1.165) is 23.7 Å². The average molecular weight is 420 g/mol. The van der Waals surface area contributed by atoms with Gasteiger partial charge in [0, 0.05) is 31.2 Å². The molecular weight excluding hydrogens is 401 g/mol. The molecule has 1 fully saturated rings. The molecule has 0 spiro atoms. The predicted molar refractivity (Wildman–Crippen MR) is 114 cm³/mol. The van der Waals surface area contributed by atoms with Gasteiger partial charge in [0.2, 0.25) is 0 Å². The molecule has 0 unspecified atom stereocenters. The number of carbonyl (C=O) groups is 1. The Morgan fingerprint density at radius 2 is 1.74 bits per heavy atom. The van der Waals surface area contributed by atoms with Crippen LogP contribution in [0.4, 0.5) is 5.13 Å². The number of amides is 1. The number of aromatic nitrogens is 1. The molecule has 3 aromatic rings. The first kappa shape index (κ1) is 18.5. The standard InChI is InChI=1S/C20H19Cl2N3OS/c1-12-3-4-13(2)18-17(12)23-20(27-18)25-9-7-24(8-10-25)19(26)15-11-14(21)5-6-16(15)22/h3-6,11H,7-10H2,1-2H3. The molecule has 0 N–H and O–H groups in total. The highest BCUT2D eigenvalue weighted by Crippen LogP contribution is 2.33. The van der Waals surface area contributed by atoms with Gasteiger partial charge in [-0.1, -0.05) is 46.7 Å². The number of aryl methyl sites for hydroxylation is 2. The van der Waals surface area contributed by atoms with Crippen molar-refractivity contribution in [2.75, 3.05) is 31.1 Å². The van der Waals surface area contributed by atoms with Crippen molar-refractivity contribution >= 4 is 55.8 Å². The van der Waals surface area contributed by atoms with E-state index >= 15 is 0 Å². The highest BCUT2D eigenvalue weighted by molar-refractivity contribution is 7.22. The minimum absolute atomic E-state index is 0.0712. The summed E-state index contributed by atoms with van der Waals surface area (Å²) in [5, 5.41) is 1.97. The quantitative estimate of drug-likeness (QED) is 0.573. The Bertz CT molecular complexity index is 986. The summed E-state index contributed by atoms with van der Waals surface area (Å²) in [5.74, 6) is -0.0712. The normalized spacial score (nSPS) is 14.8. The van der Waals surface area contributed by atoms with Crippen LogP contribution in [0.25, 0.3) is 10.2 Å². The summed E-state index contributed by atoms with van der Waals surface area (Å²) in [6.07, 6.45) is 0. The number of rotatable bonds is 2. The van der Waals surface area contributed by atoms with E-state index in [0.29, 0.717) is 28.7 Å². The van der Waals surface area contributed by atoms with Crippen LogP contribution in [-0.4, -0.2) is 42.0 Å². The van der Waals surface area contributed by atoms with E-state index in [1.54, 1.807) is 29.5 Å². The van der Waals surface area contributed by atoms with Crippen molar-refractivity contribution < 1.29 is 4.79 Å². The van der Waals surface area contributed by atoms with E-state index in [4.69, 9.17) is 28.2 Å². The van der Waals surface area contributed by atoms with Crippen molar-refractivity contribution in [3.05, 3.63) is 57.1 Å². The van der Waals surface area contributed by atoms with Crippen molar-refractivity contribution in [1.82, 2.24) is 9.88 Å². The van der Waals surface area contributed by atoms with Gasteiger partial charge in [0.1, 0.15) is 0 Å². The van der Waals surface area contributed by atoms with Crippen molar-refractivity contribution in [1.29, 1.82) is 0 Å². The van der Waals surface area contributed by atoms with Gasteiger partial charge in [-0.05, 0) is 43.2 Å². The maximum Gasteiger partial charge on any atom is 0.255 e. The predicted octanol–water partition coefficient (Wildman–Crippen LogP) is 5.18. The molecule has 0 aliphatic carbocycles. The van der Waals surface area contributed by atoms with Gasteiger partial charge in [-0.3, -0.25) is 4.79 Å². The van der Waals surface area contributed by atoms with E-state index in [2.05, 4.69) is 30.9 Å². The number of benzene rings is 2. The molecule has 1 saturated heterocycles. The van der Waals surface area contributed by atoms with Gasteiger partial charge in [0.05, 0.1) is 20.8 Å². The van der Waals surface area contributed by atoms with Crippen LogP contribution in [-0.2, 0) is 0 Å². The van der Waals surface area contributed by atoms with Crippen LogP contribution in [0.1, 0.15) is 21.5 Å². The van der Waals surface area contributed by atoms with Crippen LogP contribution >= 0.6 is 34.5 Å². The van der Waals surface area contributed by atoms with Gasteiger partial charge in [0.15, 0.2) is 5.13 Å². The number of nitrogens with zero attached hydrogens (tertiary/aromatic N) is 3. The lowest BCUT2D eigenvalue weighted by Gasteiger charge is -2.34. The first-order valence-electron chi connectivity index (χ1n) is 8.80. The number of hydrogen-bond acceptors (Lipinski definition) is 4. The molecule has 7 heteroatoms. The molecule has 140 valence electrons. The average Bonchev–Trinajstić information content (AvgIpc) is 3.13. The fraction of sp³-hybridized carbons (Fsp3) is 0.300. The van der Waals surface area contributed by atoms with E-state index < -0.39 is 0 Å². The fourth-order valence-corrected chi connectivity index (χ4v) is 4.85. The molecule has 1 amide bonds. The van der Waals surface area contributed by atoms with Crippen LogP contribution in [0.3, 0.4) is 0 Å². The Morgan fingerprint density at radius 3 is 2.44 bits per heavy atom. The zero-order valence-electron chi connectivity index (χ0n) is 15.1. The number of halogens is 2. The molecular formula is C20H19Cl2N3OS. The Labute approximate surface area is 172 Å². The minimum atomic E-state index is -0.0712. The summed E-state index contributed by atoms with van der Waals surface area (Å²) in [4.78, 5) is 21.7. The Morgan fingerprint density at radius 1 is 1.04 bits per heavy atom. The van der Waals surface area contributed by atoms with Gasteiger partial charge in [-0.25, -0.2) is 4.98 Å². The molecule has 0 radical (unpaired) electrons. The van der Waals surface area contributed by atoms with Gasteiger partial charge in [-0.2, -0.15) is 0 Å². The third kappa shape index (κ3) is 3.51. The molecule has 4 nitrogen and oxygen atoms in total. The number of anilines is 1. The number of fused-ring (bicyclic) bond motifs is 1. The van der Waals surface area contributed by atoms with Gasteiger partial charge in [0.25, 0.3) is 5.91 Å². The molecule has 27 heavy (non-hydrogen) atoms. The first-order chi connectivity index (χ1) is 12.9. The zero-order valence-corrected chi connectivity index (χ0v) is 17.5. The third-order valence-electron chi connectivity index (χ3n) is 4.93. The summed E-state index contributed by atoms with van der Waals surface area (Å²) in [5.41, 5.74) is 3.99. The molecule has 1 aromatic heterocycles. The summed E-state index contributed by atoms with van der Waals surface area (Å²) in [7, 11) is 0. The zero-order chi connectivity index (χ0) is 19.1. The largest absolute Gasteiger partial charge is 0.345 e. The van der Waals surface area contributed by atoms with E-state index in [1.165, 1.54) is 15.8 Å². The molecule has 2 aromatic carbocycles. The van der Waals surface area contributed by atoms with E-state index in [1.807, 2.05) is 4.90 Å². The van der Waals surface area contributed by atoms with Crippen molar-refractivity contribution in [3.8, 4) is 0 Å². The van der Waals surface area contributed by atoms with Crippen LogP contribution in [0.2, 0.25) is 10.0 Å². The molecule has 2 heterocycles. The van der Waals surface area contributed by atoms with Gasteiger partial charge in [-0.15, -0.1) is 0 Å².